The lowest BCUT2D eigenvalue weighted by molar-refractivity contribution is 0.0691. The van der Waals surface area contributed by atoms with E-state index in [-0.39, 0.29) is 11.8 Å². The predicted molar refractivity (Wildman–Crippen MR) is 109 cm³/mol. The number of rotatable bonds is 5. The van der Waals surface area contributed by atoms with E-state index in [2.05, 4.69) is 9.97 Å². The summed E-state index contributed by atoms with van der Waals surface area (Å²) in [6.45, 7) is 3.24. The third kappa shape index (κ3) is 4.47. The van der Waals surface area contributed by atoms with Crippen molar-refractivity contribution >= 4 is 5.91 Å². The van der Waals surface area contributed by atoms with Crippen LogP contribution in [0, 0.1) is 6.92 Å². The first kappa shape index (κ1) is 19.2. The average Bonchev–Trinajstić information content (AvgIpc) is 3.22. The van der Waals surface area contributed by atoms with Gasteiger partial charge in [-0.15, -0.1) is 0 Å². The van der Waals surface area contributed by atoms with Crippen LogP contribution in [0.5, 0.6) is 5.75 Å². The quantitative estimate of drug-likeness (QED) is 0.658. The molecule has 6 heteroatoms. The number of ether oxygens (including phenoxy) is 1. The van der Waals surface area contributed by atoms with Gasteiger partial charge in [-0.05, 0) is 49.6 Å². The molecule has 1 saturated heterocycles. The molecule has 3 heterocycles. The standard InChI is InChI=1S/C23H25N3O3/c1-16-5-3-7-21(25-16)23(27)26-12-4-6-18(15-26)22-24-14-20(29-22)13-17-8-10-19(28-2)11-9-17/h3,5,7-11,14,18H,4,6,12-13,15H2,1-2H3. The average molecular weight is 391 g/mol. The summed E-state index contributed by atoms with van der Waals surface area (Å²) in [5.41, 5.74) is 2.48. The second-order valence-electron chi connectivity index (χ2n) is 7.44. The van der Waals surface area contributed by atoms with Crippen LogP contribution in [0.3, 0.4) is 0 Å². The number of likely N-dealkylation sites (tertiary alicyclic amines) is 1. The lowest BCUT2D eigenvalue weighted by Crippen LogP contribution is -2.39. The van der Waals surface area contributed by atoms with Crippen LogP contribution in [0.1, 0.15) is 52.2 Å². The van der Waals surface area contributed by atoms with Gasteiger partial charge >= 0.3 is 0 Å². The second-order valence-corrected chi connectivity index (χ2v) is 7.44. The molecule has 1 unspecified atom stereocenters. The van der Waals surface area contributed by atoms with Gasteiger partial charge in [0.25, 0.3) is 5.91 Å². The minimum atomic E-state index is -0.0246. The molecule has 4 rings (SSSR count). The van der Waals surface area contributed by atoms with Gasteiger partial charge in [-0.2, -0.15) is 0 Å². The fourth-order valence-electron chi connectivity index (χ4n) is 3.73. The Hall–Kier alpha value is -3.15. The van der Waals surface area contributed by atoms with Gasteiger partial charge in [0, 0.05) is 25.2 Å². The van der Waals surface area contributed by atoms with Crippen LogP contribution in [0.4, 0.5) is 0 Å². The highest BCUT2D eigenvalue weighted by atomic mass is 16.5. The Balaban J connectivity index is 1.42. The molecule has 0 spiro atoms. The van der Waals surface area contributed by atoms with Crippen LogP contribution in [0.15, 0.2) is 53.1 Å². The van der Waals surface area contributed by atoms with Crippen LogP contribution >= 0.6 is 0 Å². The normalized spacial score (nSPS) is 16.6. The van der Waals surface area contributed by atoms with E-state index in [1.807, 2.05) is 48.2 Å². The third-order valence-electron chi connectivity index (χ3n) is 5.27. The number of nitrogens with zero attached hydrogens (tertiary/aromatic N) is 3. The van der Waals surface area contributed by atoms with E-state index >= 15 is 0 Å². The first-order valence-corrected chi connectivity index (χ1v) is 9.93. The number of carbonyl (C=O) groups excluding carboxylic acids is 1. The molecule has 1 atom stereocenters. The maximum Gasteiger partial charge on any atom is 0.272 e. The molecule has 1 aromatic carbocycles. The number of aryl methyl sites for hydroxylation is 1. The topological polar surface area (TPSA) is 68.5 Å². The number of piperidine rings is 1. The molecule has 0 aliphatic carbocycles. The first-order chi connectivity index (χ1) is 14.1. The van der Waals surface area contributed by atoms with E-state index in [9.17, 15) is 4.79 Å². The summed E-state index contributed by atoms with van der Waals surface area (Å²) in [6, 6.07) is 13.5. The zero-order valence-corrected chi connectivity index (χ0v) is 16.8. The number of methoxy groups -OCH3 is 1. The number of hydrogen-bond donors (Lipinski definition) is 0. The minimum Gasteiger partial charge on any atom is -0.497 e. The van der Waals surface area contributed by atoms with Crippen molar-refractivity contribution in [3.05, 3.63) is 77.3 Å². The molecule has 1 amide bonds. The van der Waals surface area contributed by atoms with Crippen molar-refractivity contribution in [2.75, 3.05) is 20.2 Å². The molecule has 2 aromatic heterocycles. The van der Waals surface area contributed by atoms with Crippen LogP contribution in [-0.2, 0) is 6.42 Å². The number of pyridine rings is 1. The van der Waals surface area contributed by atoms with Crippen molar-refractivity contribution < 1.29 is 13.9 Å². The highest BCUT2D eigenvalue weighted by molar-refractivity contribution is 5.92. The van der Waals surface area contributed by atoms with E-state index in [1.54, 1.807) is 19.4 Å². The summed E-state index contributed by atoms with van der Waals surface area (Å²) in [4.78, 5) is 23.6. The smallest absolute Gasteiger partial charge is 0.272 e. The molecule has 0 N–H and O–H groups in total. The van der Waals surface area contributed by atoms with Crippen LogP contribution in [-0.4, -0.2) is 41.0 Å². The van der Waals surface area contributed by atoms with Crippen LogP contribution < -0.4 is 4.74 Å². The highest BCUT2D eigenvalue weighted by Gasteiger charge is 2.29. The van der Waals surface area contributed by atoms with Crippen molar-refractivity contribution in [2.24, 2.45) is 0 Å². The molecular formula is C23H25N3O3. The molecule has 0 saturated carbocycles. The number of oxazole rings is 1. The van der Waals surface area contributed by atoms with E-state index in [0.717, 1.165) is 42.2 Å². The van der Waals surface area contributed by atoms with Crippen LogP contribution in [0.2, 0.25) is 0 Å². The maximum atomic E-state index is 12.8. The van der Waals surface area contributed by atoms with E-state index in [4.69, 9.17) is 9.15 Å². The molecule has 0 radical (unpaired) electrons. The van der Waals surface area contributed by atoms with Gasteiger partial charge in [-0.1, -0.05) is 18.2 Å². The Labute approximate surface area is 170 Å². The minimum absolute atomic E-state index is 0.0246. The number of amides is 1. The Morgan fingerprint density at radius 3 is 2.83 bits per heavy atom. The summed E-state index contributed by atoms with van der Waals surface area (Å²) in [5.74, 6) is 2.46. The molecule has 1 aliphatic heterocycles. The van der Waals surface area contributed by atoms with E-state index in [0.29, 0.717) is 24.6 Å². The van der Waals surface area contributed by atoms with Gasteiger partial charge < -0.3 is 14.1 Å². The van der Waals surface area contributed by atoms with Crippen molar-refractivity contribution in [1.82, 2.24) is 14.9 Å². The van der Waals surface area contributed by atoms with Gasteiger partial charge in [0.15, 0.2) is 5.89 Å². The second kappa shape index (κ2) is 8.47. The summed E-state index contributed by atoms with van der Waals surface area (Å²) in [6.07, 6.45) is 4.37. The fourth-order valence-corrected chi connectivity index (χ4v) is 3.73. The SMILES string of the molecule is COc1ccc(Cc2cnc(C3CCCN(C(=O)c4cccc(C)n4)C3)o2)cc1. The van der Waals surface area contributed by atoms with Crippen molar-refractivity contribution in [1.29, 1.82) is 0 Å². The maximum absolute atomic E-state index is 12.8. The van der Waals surface area contributed by atoms with Gasteiger partial charge in [0.05, 0.1) is 19.2 Å². The Morgan fingerprint density at radius 1 is 1.24 bits per heavy atom. The fraction of sp³-hybridized carbons (Fsp3) is 0.348. The summed E-state index contributed by atoms with van der Waals surface area (Å²) >= 11 is 0. The van der Waals surface area contributed by atoms with Gasteiger partial charge in [0.2, 0.25) is 0 Å². The number of benzene rings is 1. The van der Waals surface area contributed by atoms with Crippen molar-refractivity contribution in [2.45, 2.75) is 32.1 Å². The molecule has 29 heavy (non-hydrogen) atoms. The molecule has 0 bridgehead atoms. The molecule has 1 fully saturated rings. The highest BCUT2D eigenvalue weighted by Crippen LogP contribution is 2.28. The first-order valence-electron chi connectivity index (χ1n) is 9.93. The van der Waals surface area contributed by atoms with E-state index in [1.165, 1.54) is 0 Å². The Bertz CT molecular complexity index is 981. The number of carbonyl (C=O) groups is 1. The van der Waals surface area contributed by atoms with Gasteiger partial charge in [-0.25, -0.2) is 9.97 Å². The number of aromatic nitrogens is 2. The molecule has 1 aliphatic rings. The predicted octanol–water partition coefficient (Wildman–Crippen LogP) is 4.00. The van der Waals surface area contributed by atoms with Gasteiger partial charge in [-0.3, -0.25) is 4.79 Å². The van der Waals surface area contributed by atoms with Crippen LogP contribution in [0.25, 0.3) is 0 Å². The lowest BCUT2D eigenvalue weighted by atomic mass is 9.97. The molecule has 3 aromatic rings. The van der Waals surface area contributed by atoms with Crippen molar-refractivity contribution in [3.63, 3.8) is 0 Å². The molecule has 150 valence electrons. The third-order valence-corrected chi connectivity index (χ3v) is 5.27. The zero-order chi connectivity index (χ0) is 20.2. The molecular weight excluding hydrogens is 366 g/mol. The monoisotopic (exact) mass is 391 g/mol. The number of hydrogen-bond acceptors (Lipinski definition) is 5. The lowest BCUT2D eigenvalue weighted by Gasteiger charge is -2.31. The Morgan fingerprint density at radius 2 is 2.07 bits per heavy atom. The van der Waals surface area contributed by atoms with Gasteiger partial charge in [0.1, 0.15) is 17.2 Å². The summed E-state index contributed by atoms with van der Waals surface area (Å²) < 4.78 is 11.2. The van der Waals surface area contributed by atoms with E-state index < -0.39 is 0 Å². The molecule has 6 nitrogen and oxygen atoms in total. The largest absolute Gasteiger partial charge is 0.497 e. The van der Waals surface area contributed by atoms with Crippen molar-refractivity contribution in [3.8, 4) is 5.75 Å². The zero-order valence-electron chi connectivity index (χ0n) is 16.8. The summed E-state index contributed by atoms with van der Waals surface area (Å²) in [5, 5.41) is 0. The summed E-state index contributed by atoms with van der Waals surface area (Å²) in [7, 11) is 1.66. The Kier molecular flexibility index (Phi) is 5.60.